The van der Waals surface area contributed by atoms with E-state index in [1.807, 2.05) is 11.0 Å². The van der Waals surface area contributed by atoms with Gasteiger partial charge in [-0.05, 0) is 62.3 Å². The van der Waals surface area contributed by atoms with Gasteiger partial charge < -0.3 is 9.64 Å². The monoisotopic (exact) mass is 378 g/mol. The number of carbonyl (C=O) groups excluding carboxylic acids is 1. The first kappa shape index (κ1) is 18.9. The van der Waals surface area contributed by atoms with Crippen molar-refractivity contribution in [2.24, 2.45) is 5.92 Å². The average molecular weight is 378 g/mol. The van der Waals surface area contributed by atoms with Crippen molar-refractivity contribution in [2.45, 2.75) is 37.0 Å². The van der Waals surface area contributed by atoms with E-state index in [0.29, 0.717) is 18.8 Å². The molecule has 1 aliphatic heterocycles. The molecule has 1 heterocycles. The molecule has 6 nitrogen and oxygen atoms in total. The van der Waals surface area contributed by atoms with Gasteiger partial charge in [0, 0.05) is 25.2 Å². The number of rotatable bonds is 6. The molecular formula is C19H26N2O4S. The highest BCUT2D eigenvalue weighted by molar-refractivity contribution is 7.89. The van der Waals surface area contributed by atoms with E-state index in [-0.39, 0.29) is 16.7 Å². The van der Waals surface area contributed by atoms with Gasteiger partial charge >= 0.3 is 0 Å². The molecule has 0 bridgehead atoms. The van der Waals surface area contributed by atoms with Crippen molar-refractivity contribution in [3.63, 3.8) is 0 Å². The minimum atomic E-state index is -3.56. The summed E-state index contributed by atoms with van der Waals surface area (Å²) in [7, 11) is -2.02. The fourth-order valence-electron chi connectivity index (χ4n) is 3.55. The SMILES string of the molecule is COc1ccc(S(=O)(=O)NC[C@@H]2CCCN(C(=O)C3=CCCC3)C2)cc1. The molecule has 26 heavy (non-hydrogen) atoms. The van der Waals surface area contributed by atoms with Crippen molar-refractivity contribution in [3.8, 4) is 5.75 Å². The van der Waals surface area contributed by atoms with Crippen LogP contribution in [0.5, 0.6) is 5.75 Å². The van der Waals surface area contributed by atoms with Crippen molar-refractivity contribution in [3.05, 3.63) is 35.9 Å². The molecule has 0 aromatic heterocycles. The maximum absolute atomic E-state index is 12.5. The average Bonchev–Trinajstić information content (AvgIpc) is 3.21. The number of hydrogen-bond acceptors (Lipinski definition) is 4. The van der Waals surface area contributed by atoms with Crippen LogP contribution in [0.4, 0.5) is 0 Å². The summed E-state index contributed by atoms with van der Waals surface area (Å²) in [6.45, 7) is 1.72. The normalized spacial score (nSPS) is 20.7. The third-order valence-corrected chi connectivity index (χ3v) is 6.49. The quantitative estimate of drug-likeness (QED) is 0.824. The van der Waals surface area contributed by atoms with Crippen molar-refractivity contribution in [1.82, 2.24) is 9.62 Å². The number of likely N-dealkylation sites (tertiary alicyclic amines) is 1. The second-order valence-electron chi connectivity index (χ2n) is 6.91. The van der Waals surface area contributed by atoms with Crippen LogP contribution in [0.2, 0.25) is 0 Å². The standard InChI is InChI=1S/C19H26N2O4S/c1-25-17-8-10-18(11-9-17)26(23,24)20-13-15-5-4-12-21(14-15)19(22)16-6-2-3-7-16/h6,8-11,15,20H,2-5,7,12-14H2,1H3/t15-/m0/s1. The number of amides is 1. The molecule has 142 valence electrons. The zero-order valence-corrected chi connectivity index (χ0v) is 15.9. The van der Waals surface area contributed by atoms with Crippen LogP contribution in [-0.4, -0.2) is 46.0 Å². The van der Waals surface area contributed by atoms with Gasteiger partial charge in [0.2, 0.25) is 15.9 Å². The molecule has 1 atom stereocenters. The van der Waals surface area contributed by atoms with E-state index < -0.39 is 10.0 Å². The molecule has 0 unspecified atom stereocenters. The topological polar surface area (TPSA) is 75.7 Å². The molecule has 0 radical (unpaired) electrons. The maximum Gasteiger partial charge on any atom is 0.249 e. The number of piperidine rings is 1. The predicted octanol–water partition coefficient (Wildman–Crippen LogP) is 2.32. The summed E-state index contributed by atoms with van der Waals surface area (Å²) in [6.07, 6.45) is 6.78. The fraction of sp³-hybridized carbons (Fsp3) is 0.526. The number of nitrogens with one attached hydrogen (secondary N) is 1. The van der Waals surface area contributed by atoms with E-state index in [1.54, 1.807) is 19.2 Å². The smallest absolute Gasteiger partial charge is 0.249 e. The highest BCUT2D eigenvalue weighted by Crippen LogP contribution is 2.24. The Labute approximate surface area is 155 Å². The van der Waals surface area contributed by atoms with Crippen LogP contribution < -0.4 is 9.46 Å². The zero-order chi connectivity index (χ0) is 18.6. The molecule has 1 aromatic rings. The number of carbonyl (C=O) groups is 1. The van der Waals surface area contributed by atoms with Gasteiger partial charge in [0.15, 0.2) is 0 Å². The Balaban J connectivity index is 1.57. The highest BCUT2D eigenvalue weighted by atomic mass is 32.2. The summed E-state index contributed by atoms with van der Waals surface area (Å²) in [5, 5.41) is 0. The number of ether oxygens (including phenoxy) is 1. The van der Waals surface area contributed by atoms with Gasteiger partial charge in [-0.25, -0.2) is 13.1 Å². The lowest BCUT2D eigenvalue weighted by Gasteiger charge is -2.33. The zero-order valence-electron chi connectivity index (χ0n) is 15.1. The lowest BCUT2D eigenvalue weighted by Crippen LogP contribution is -2.44. The first-order chi connectivity index (χ1) is 12.5. The van der Waals surface area contributed by atoms with Crippen molar-refractivity contribution in [1.29, 1.82) is 0 Å². The van der Waals surface area contributed by atoms with Crippen LogP contribution in [0.15, 0.2) is 40.8 Å². The van der Waals surface area contributed by atoms with E-state index in [4.69, 9.17) is 4.74 Å². The molecular weight excluding hydrogens is 352 g/mol. The van der Waals surface area contributed by atoms with Crippen LogP contribution in [-0.2, 0) is 14.8 Å². The highest BCUT2D eigenvalue weighted by Gasteiger charge is 2.27. The molecule has 1 amide bonds. The van der Waals surface area contributed by atoms with E-state index in [9.17, 15) is 13.2 Å². The van der Waals surface area contributed by atoms with Crippen molar-refractivity contribution >= 4 is 15.9 Å². The van der Waals surface area contributed by atoms with Gasteiger partial charge in [-0.1, -0.05) is 6.08 Å². The van der Waals surface area contributed by atoms with E-state index >= 15 is 0 Å². The van der Waals surface area contributed by atoms with Gasteiger partial charge in [-0.2, -0.15) is 0 Å². The van der Waals surface area contributed by atoms with Gasteiger partial charge in [0.05, 0.1) is 12.0 Å². The van der Waals surface area contributed by atoms with Gasteiger partial charge in [-0.15, -0.1) is 0 Å². The number of methoxy groups -OCH3 is 1. The van der Waals surface area contributed by atoms with Crippen molar-refractivity contribution in [2.75, 3.05) is 26.7 Å². The third kappa shape index (κ3) is 4.45. The number of nitrogens with zero attached hydrogens (tertiary/aromatic N) is 1. The van der Waals surface area contributed by atoms with Gasteiger partial charge in [0.25, 0.3) is 0 Å². The molecule has 1 N–H and O–H groups in total. The lowest BCUT2D eigenvalue weighted by atomic mass is 9.97. The largest absolute Gasteiger partial charge is 0.497 e. The minimum Gasteiger partial charge on any atom is -0.497 e. The number of hydrogen-bond donors (Lipinski definition) is 1. The summed E-state index contributed by atoms with van der Waals surface area (Å²) in [5.74, 6) is 0.888. The summed E-state index contributed by atoms with van der Waals surface area (Å²) in [6, 6.07) is 6.32. The second-order valence-corrected chi connectivity index (χ2v) is 8.68. The second kappa shape index (κ2) is 8.22. The summed E-state index contributed by atoms with van der Waals surface area (Å²) < 4.78 is 32.7. The molecule has 1 aliphatic carbocycles. The summed E-state index contributed by atoms with van der Waals surface area (Å²) in [5.41, 5.74) is 0.921. The van der Waals surface area contributed by atoms with E-state index in [1.165, 1.54) is 12.1 Å². The molecule has 0 spiro atoms. The Hall–Kier alpha value is -1.86. The lowest BCUT2D eigenvalue weighted by molar-refractivity contribution is -0.128. The number of allylic oxidation sites excluding steroid dienone is 1. The molecule has 1 fully saturated rings. The Morgan fingerprint density at radius 3 is 2.69 bits per heavy atom. The first-order valence-corrected chi connectivity index (χ1v) is 10.6. The van der Waals surface area contributed by atoms with Gasteiger partial charge in [-0.3, -0.25) is 4.79 Å². The van der Waals surface area contributed by atoms with Crippen LogP contribution in [0, 0.1) is 5.92 Å². The molecule has 2 aliphatic rings. The Bertz CT molecular complexity index is 771. The van der Waals surface area contributed by atoms with Gasteiger partial charge in [0.1, 0.15) is 5.75 Å². The summed E-state index contributed by atoms with van der Waals surface area (Å²) >= 11 is 0. The third-order valence-electron chi connectivity index (χ3n) is 5.05. The van der Waals surface area contributed by atoms with Crippen LogP contribution >= 0.6 is 0 Å². The molecule has 1 aromatic carbocycles. The molecule has 1 saturated heterocycles. The van der Waals surface area contributed by atoms with Crippen LogP contribution in [0.3, 0.4) is 0 Å². The van der Waals surface area contributed by atoms with Crippen LogP contribution in [0.25, 0.3) is 0 Å². The van der Waals surface area contributed by atoms with E-state index in [2.05, 4.69) is 4.72 Å². The van der Waals surface area contributed by atoms with Crippen molar-refractivity contribution < 1.29 is 17.9 Å². The molecule has 0 saturated carbocycles. The Kier molecular flexibility index (Phi) is 5.98. The molecule has 7 heteroatoms. The number of benzene rings is 1. The number of sulfonamides is 1. The fourth-order valence-corrected chi connectivity index (χ4v) is 4.67. The first-order valence-electron chi connectivity index (χ1n) is 9.11. The maximum atomic E-state index is 12.5. The predicted molar refractivity (Wildman–Crippen MR) is 99.4 cm³/mol. The summed E-state index contributed by atoms with van der Waals surface area (Å²) in [4.78, 5) is 14.6. The Morgan fingerprint density at radius 2 is 2.04 bits per heavy atom. The van der Waals surface area contributed by atoms with Crippen LogP contribution in [0.1, 0.15) is 32.1 Å². The molecule has 3 rings (SSSR count). The van der Waals surface area contributed by atoms with E-state index in [0.717, 1.165) is 44.2 Å². The minimum absolute atomic E-state index is 0.130. The Morgan fingerprint density at radius 1 is 1.27 bits per heavy atom.